The minimum atomic E-state index is -3.91. The van der Waals surface area contributed by atoms with E-state index in [4.69, 9.17) is 33.1 Å². The number of carbonyl (C=O) groups excluding carboxylic acids is 2. The van der Waals surface area contributed by atoms with E-state index in [1.165, 1.54) is 18.4 Å². The van der Waals surface area contributed by atoms with Crippen LogP contribution in [0.1, 0.15) is 17.3 Å². The molecule has 7 nitrogen and oxygen atoms in total. The molecule has 25 heavy (non-hydrogen) atoms. The number of hydrogen-bond donors (Lipinski definition) is 2. The summed E-state index contributed by atoms with van der Waals surface area (Å²) in [5.74, 6) is -1.48. The molecule has 1 atom stereocenters. The van der Waals surface area contributed by atoms with Crippen molar-refractivity contribution in [3.8, 4) is 0 Å². The van der Waals surface area contributed by atoms with E-state index in [1.54, 1.807) is 12.1 Å². The summed E-state index contributed by atoms with van der Waals surface area (Å²) in [5.41, 5.74) is 0.253. The lowest BCUT2D eigenvalue weighted by atomic mass is 10.3. The van der Waals surface area contributed by atoms with Gasteiger partial charge in [0.2, 0.25) is 10.0 Å². The molecule has 0 fully saturated rings. The van der Waals surface area contributed by atoms with Crippen LogP contribution in [0, 0.1) is 0 Å². The van der Waals surface area contributed by atoms with E-state index in [0.717, 1.165) is 17.4 Å². The van der Waals surface area contributed by atoms with Crippen molar-refractivity contribution in [2.75, 3.05) is 5.32 Å². The van der Waals surface area contributed by atoms with Crippen LogP contribution in [0.25, 0.3) is 0 Å². The number of thiophene rings is 1. The molecule has 11 heteroatoms. The van der Waals surface area contributed by atoms with Gasteiger partial charge in [0.25, 0.3) is 5.91 Å². The summed E-state index contributed by atoms with van der Waals surface area (Å²) in [6, 6.07) is 5.78. The Labute approximate surface area is 157 Å². The van der Waals surface area contributed by atoms with E-state index < -0.39 is 28.0 Å². The summed E-state index contributed by atoms with van der Waals surface area (Å²) in [5, 5.41) is 9.17. The van der Waals surface area contributed by atoms with Crippen LogP contribution in [0.5, 0.6) is 0 Å². The van der Waals surface area contributed by atoms with Crippen molar-refractivity contribution in [3.63, 3.8) is 0 Å². The zero-order valence-corrected chi connectivity index (χ0v) is 15.8. The van der Waals surface area contributed by atoms with Gasteiger partial charge in [-0.15, -0.1) is 11.3 Å². The van der Waals surface area contributed by atoms with E-state index >= 15 is 0 Å². The highest BCUT2D eigenvalue weighted by atomic mass is 35.5. The first-order valence-corrected chi connectivity index (χ1v) is 9.85. The summed E-state index contributed by atoms with van der Waals surface area (Å²) < 4.78 is 27.3. The van der Waals surface area contributed by atoms with Crippen molar-refractivity contribution < 1.29 is 22.7 Å². The van der Waals surface area contributed by atoms with Crippen LogP contribution >= 0.6 is 34.5 Å². The summed E-state index contributed by atoms with van der Waals surface area (Å²) in [4.78, 5) is 24.1. The molecule has 2 aromatic rings. The van der Waals surface area contributed by atoms with Crippen molar-refractivity contribution in [1.82, 2.24) is 0 Å². The van der Waals surface area contributed by atoms with Gasteiger partial charge in [0.05, 0.1) is 21.3 Å². The number of esters is 1. The van der Waals surface area contributed by atoms with Crippen LogP contribution in [0.3, 0.4) is 0 Å². The first-order valence-electron chi connectivity index (χ1n) is 6.67. The highest BCUT2D eigenvalue weighted by Gasteiger charge is 2.22. The van der Waals surface area contributed by atoms with Gasteiger partial charge in [-0.3, -0.25) is 4.79 Å². The van der Waals surface area contributed by atoms with Gasteiger partial charge in [0.15, 0.2) is 6.10 Å². The number of amides is 1. The highest BCUT2D eigenvalue weighted by molar-refractivity contribution is 7.91. The number of carbonyl (C=O) groups is 2. The number of nitrogens with two attached hydrogens (primary N) is 1. The topological polar surface area (TPSA) is 116 Å². The van der Waals surface area contributed by atoms with Gasteiger partial charge < -0.3 is 10.1 Å². The maximum atomic E-state index is 12.1. The number of benzene rings is 1. The monoisotopic (exact) mass is 422 g/mol. The van der Waals surface area contributed by atoms with Crippen molar-refractivity contribution in [2.45, 2.75) is 17.2 Å². The predicted octanol–water partition coefficient (Wildman–Crippen LogP) is 2.89. The van der Waals surface area contributed by atoms with Crippen molar-refractivity contribution in [2.24, 2.45) is 5.14 Å². The van der Waals surface area contributed by atoms with E-state index in [1.807, 2.05) is 0 Å². The van der Waals surface area contributed by atoms with E-state index in [2.05, 4.69) is 5.32 Å². The summed E-state index contributed by atoms with van der Waals surface area (Å²) in [6.07, 6.45) is -1.15. The van der Waals surface area contributed by atoms with Crippen LogP contribution in [-0.2, 0) is 19.6 Å². The van der Waals surface area contributed by atoms with Crippen molar-refractivity contribution in [3.05, 3.63) is 45.3 Å². The maximum Gasteiger partial charge on any atom is 0.339 e. The molecule has 0 radical (unpaired) electrons. The molecule has 1 heterocycles. The molecule has 1 aromatic heterocycles. The highest BCUT2D eigenvalue weighted by Crippen LogP contribution is 2.29. The minimum absolute atomic E-state index is 0.0190. The number of halogens is 2. The fourth-order valence-corrected chi connectivity index (χ4v) is 3.61. The molecule has 3 N–H and O–H groups in total. The molecule has 0 spiro atoms. The Morgan fingerprint density at radius 2 is 2.00 bits per heavy atom. The SMILES string of the molecule is CC(OC(=O)c1csc(S(N)(=O)=O)c1)C(=O)Nc1cccc(Cl)c1Cl. The fraction of sp³-hybridized carbons (Fsp3) is 0.143. The first kappa shape index (κ1) is 19.7. The fourth-order valence-electron chi connectivity index (χ4n) is 1.69. The van der Waals surface area contributed by atoms with E-state index in [-0.39, 0.29) is 25.5 Å². The molecule has 0 aliphatic carbocycles. The third-order valence-electron chi connectivity index (χ3n) is 2.95. The maximum absolute atomic E-state index is 12.1. The predicted molar refractivity (Wildman–Crippen MR) is 95.7 cm³/mol. The van der Waals surface area contributed by atoms with Crippen LogP contribution in [-0.4, -0.2) is 26.4 Å². The average Bonchev–Trinajstić information content (AvgIpc) is 3.02. The van der Waals surface area contributed by atoms with Crippen LogP contribution in [0.4, 0.5) is 5.69 Å². The number of ether oxygens (including phenoxy) is 1. The molecule has 0 saturated heterocycles. The molecule has 1 unspecified atom stereocenters. The van der Waals surface area contributed by atoms with Gasteiger partial charge >= 0.3 is 5.97 Å². The second-order valence-corrected chi connectivity index (χ2v) is 8.32. The minimum Gasteiger partial charge on any atom is -0.449 e. The van der Waals surface area contributed by atoms with Crippen molar-refractivity contribution >= 4 is 62.1 Å². The molecule has 0 saturated carbocycles. The number of nitrogens with one attached hydrogen (secondary N) is 1. The molecular weight excluding hydrogens is 411 g/mol. The number of hydrogen-bond acceptors (Lipinski definition) is 6. The Morgan fingerprint density at radius 1 is 1.32 bits per heavy atom. The Balaban J connectivity index is 2.04. The van der Waals surface area contributed by atoms with E-state index in [9.17, 15) is 18.0 Å². The molecular formula is C14H12Cl2N2O5S2. The number of anilines is 1. The molecule has 2 rings (SSSR count). The quantitative estimate of drug-likeness (QED) is 0.718. The molecule has 0 aliphatic rings. The Morgan fingerprint density at radius 3 is 2.60 bits per heavy atom. The Kier molecular flexibility index (Phi) is 6.07. The van der Waals surface area contributed by atoms with Crippen LogP contribution in [0.15, 0.2) is 33.9 Å². The Bertz CT molecular complexity index is 927. The number of primary sulfonamides is 1. The lowest BCUT2D eigenvalue weighted by molar-refractivity contribution is -0.123. The lowest BCUT2D eigenvalue weighted by Crippen LogP contribution is -2.30. The molecule has 1 aromatic carbocycles. The van der Waals surface area contributed by atoms with Gasteiger partial charge in [-0.25, -0.2) is 18.4 Å². The smallest absolute Gasteiger partial charge is 0.339 e. The third kappa shape index (κ3) is 4.93. The van der Waals surface area contributed by atoms with Crippen molar-refractivity contribution in [1.29, 1.82) is 0 Å². The molecule has 134 valence electrons. The summed E-state index contributed by atoms with van der Waals surface area (Å²) in [7, 11) is -3.91. The van der Waals surface area contributed by atoms with Gasteiger partial charge in [0.1, 0.15) is 4.21 Å². The largest absolute Gasteiger partial charge is 0.449 e. The zero-order chi connectivity index (χ0) is 18.8. The first-order chi connectivity index (χ1) is 11.6. The zero-order valence-electron chi connectivity index (χ0n) is 12.7. The number of rotatable bonds is 5. The van der Waals surface area contributed by atoms with Gasteiger partial charge in [0, 0.05) is 5.38 Å². The molecule has 0 bridgehead atoms. The van der Waals surface area contributed by atoms with Gasteiger partial charge in [-0.1, -0.05) is 29.3 Å². The normalized spacial score (nSPS) is 12.5. The van der Waals surface area contributed by atoms with E-state index in [0.29, 0.717) is 0 Å². The summed E-state index contributed by atoms with van der Waals surface area (Å²) in [6.45, 7) is 1.36. The molecule has 0 aliphatic heterocycles. The second-order valence-electron chi connectivity index (χ2n) is 4.84. The van der Waals surface area contributed by atoms with Crippen LogP contribution in [0.2, 0.25) is 10.0 Å². The molecule has 1 amide bonds. The van der Waals surface area contributed by atoms with Gasteiger partial charge in [-0.2, -0.15) is 0 Å². The average molecular weight is 423 g/mol. The van der Waals surface area contributed by atoms with Crippen LogP contribution < -0.4 is 10.5 Å². The summed E-state index contributed by atoms with van der Waals surface area (Å²) >= 11 is 12.6. The standard InChI is InChI=1S/C14H12Cl2N2O5S2/c1-7(13(19)18-10-4-2-3-9(15)12(10)16)23-14(20)8-5-11(24-6-8)25(17,21)22/h2-7H,1H3,(H,18,19)(H2,17,21,22). The van der Waals surface area contributed by atoms with Gasteiger partial charge in [-0.05, 0) is 25.1 Å². The third-order valence-corrected chi connectivity index (χ3v) is 6.16. The Hall–Kier alpha value is -1.65. The second kappa shape index (κ2) is 7.71. The lowest BCUT2D eigenvalue weighted by Gasteiger charge is -2.14. The number of sulfonamides is 1.